The summed E-state index contributed by atoms with van der Waals surface area (Å²) >= 11 is 1.10. The average Bonchev–Trinajstić information content (AvgIpc) is 3.20. The summed E-state index contributed by atoms with van der Waals surface area (Å²) in [7, 11) is -0.824. The first-order valence-electron chi connectivity index (χ1n) is 9.70. The number of nitrogens with zero attached hydrogens (tertiary/aromatic N) is 3. The van der Waals surface area contributed by atoms with Gasteiger partial charge in [0.2, 0.25) is 10.0 Å². The van der Waals surface area contributed by atoms with E-state index in [9.17, 15) is 23.3 Å². The number of sulfonamides is 1. The van der Waals surface area contributed by atoms with Gasteiger partial charge in [-0.3, -0.25) is 20.2 Å². The Hall–Kier alpha value is -2.97. The molecule has 3 rings (SSSR count). The van der Waals surface area contributed by atoms with E-state index in [1.54, 1.807) is 0 Å². The molecule has 11 nitrogen and oxygen atoms in total. The van der Waals surface area contributed by atoms with Crippen molar-refractivity contribution in [2.24, 2.45) is 0 Å². The Balaban J connectivity index is 1.75. The number of nitro benzene ring substituents is 1. The molecule has 0 spiro atoms. The second-order valence-electron chi connectivity index (χ2n) is 6.80. The van der Waals surface area contributed by atoms with E-state index in [1.165, 1.54) is 61.0 Å². The number of anilines is 1. The molecule has 1 N–H and O–H groups in total. The number of aromatic nitrogens is 1. The molecule has 0 atom stereocenters. The molecule has 176 valence electrons. The first-order valence-corrected chi connectivity index (χ1v) is 12.0. The standard InChI is InChI=1S/C20H22N4O7S2/c1-30-11-9-23(10-12-31-2)33(28,29)16-6-3-14(4-7-16)19(25)22-20-21-17-8-5-15(24(26)27)13-18(17)32-20/h3-8,13H,9-12H2,1-2H3,(H,21,22,25). The summed E-state index contributed by atoms with van der Waals surface area (Å²) in [6.07, 6.45) is 0. The zero-order valence-electron chi connectivity index (χ0n) is 17.9. The molecule has 33 heavy (non-hydrogen) atoms. The summed E-state index contributed by atoms with van der Waals surface area (Å²) in [6.45, 7) is 0.796. The van der Waals surface area contributed by atoms with Crippen LogP contribution < -0.4 is 5.32 Å². The van der Waals surface area contributed by atoms with Crippen molar-refractivity contribution in [1.29, 1.82) is 0 Å². The third kappa shape index (κ3) is 5.89. The van der Waals surface area contributed by atoms with Gasteiger partial charge in [-0.2, -0.15) is 4.31 Å². The highest BCUT2D eigenvalue weighted by atomic mass is 32.2. The van der Waals surface area contributed by atoms with Gasteiger partial charge in [0.25, 0.3) is 11.6 Å². The van der Waals surface area contributed by atoms with Crippen molar-refractivity contribution >= 4 is 48.3 Å². The van der Waals surface area contributed by atoms with Crippen molar-refractivity contribution in [3.8, 4) is 0 Å². The van der Waals surface area contributed by atoms with Crippen LogP contribution in [0.1, 0.15) is 10.4 Å². The zero-order chi connectivity index (χ0) is 24.0. The van der Waals surface area contributed by atoms with Crippen LogP contribution >= 0.6 is 11.3 Å². The first-order chi connectivity index (χ1) is 15.8. The zero-order valence-corrected chi connectivity index (χ0v) is 19.5. The minimum atomic E-state index is -3.80. The highest BCUT2D eigenvalue weighted by Crippen LogP contribution is 2.29. The van der Waals surface area contributed by atoms with Crippen LogP contribution in [-0.4, -0.2) is 69.1 Å². The van der Waals surface area contributed by atoms with E-state index >= 15 is 0 Å². The SMILES string of the molecule is COCCN(CCOC)S(=O)(=O)c1ccc(C(=O)Nc2nc3ccc([N+](=O)[O-])cc3s2)cc1. The Labute approximate surface area is 194 Å². The Morgan fingerprint density at radius 2 is 1.76 bits per heavy atom. The summed E-state index contributed by atoms with van der Waals surface area (Å²) < 4.78 is 37.7. The monoisotopic (exact) mass is 494 g/mol. The first kappa shape index (κ1) is 24.7. The number of hydrogen-bond acceptors (Lipinski definition) is 9. The molecule has 1 amide bonds. The molecule has 0 saturated carbocycles. The second kappa shape index (κ2) is 10.8. The van der Waals surface area contributed by atoms with Crippen LogP contribution in [0.25, 0.3) is 10.2 Å². The Bertz CT molecular complexity index is 1240. The molecule has 13 heteroatoms. The number of methoxy groups -OCH3 is 2. The minimum Gasteiger partial charge on any atom is -0.383 e. The number of ether oxygens (including phenoxy) is 2. The summed E-state index contributed by atoms with van der Waals surface area (Å²) in [5.74, 6) is -0.483. The molecule has 0 saturated heterocycles. The van der Waals surface area contributed by atoms with E-state index in [-0.39, 0.29) is 47.6 Å². The van der Waals surface area contributed by atoms with Gasteiger partial charge >= 0.3 is 0 Å². The maximum atomic E-state index is 12.9. The molecule has 0 radical (unpaired) electrons. The number of benzene rings is 2. The molecular formula is C20H22N4O7S2. The topological polar surface area (TPSA) is 141 Å². The van der Waals surface area contributed by atoms with Gasteiger partial charge < -0.3 is 9.47 Å². The largest absolute Gasteiger partial charge is 0.383 e. The number of nitrogens with one attached hydrogen (secondary N) is 1. The summed E-state index contributed by atoms with van der Waals surface area (Å²) in [5.41, 5.74) is 0.694. The number of non-ortho nitro benzene ring substituents is 1. The Morgan fingerprint density at radius 1 is 1.12 bits per heavy atom. The minimum absolute atomic E-state index is 0.0403. The molecule has 0 fully saturated rings. The number of rotatable bonds is 11. The smallest absolute Gasteiger partial charge is 0.270 e. The molecule has 0 aliphatic rings. The lowest BCUT2D eigenvalue weighted by Crippen LogP contribution is -2.36. The van der Waals surface area contributed by atoms with Crippen LogP contribution in [0.15, 0.2) is 47.4 Å². The van der Waals surface area contributed by atoms with Crippen LogP contribution in [0.4, 0.5) is 10.8 Å². The van der Waals surface area contributed by atoms with Gasteiger partial charge in [-0.15, -0.1) is 0 Å². The number of carbonyl (C=O) groups is 1. The molecular weight excluding hydrogens is 472 g/mol. The molecule has 0 unspecified atom stereocenters. The molecule has 0 aliphatic heterocycles. The van der Waals surface area contributed by atoms with Gasteiger partial charge in [-0.05, 0) is 30.3 Å². The van der Waals surface area contributed by atoms with Crippen molar-refractivity contribution in [3.63, 3.8) is 0 Å². The Kier molecular flexibility index (Phi) is 8.05. The van der Waals surface area contributed by atoms with Gasteiger partial charge in [0, 0.05) is 45.0 Å². The molecule has 0 aliphatic carbocycles. The van der Waals surface area contributed by atoms with Crippen molar-refractivity contribution < 1.29 is 27.6 Å². The molecule has 1 heterocycles. The van der Waals surface area contributed by atoms with Gasteiger partial charge in [-0.1, -0.05) is 11.3 Å². The van der Waals surface area contributed by atoms with E-state index in [2.05, 4.69) is 10.3 Å². The summed E-state index contributed by atoms with van der Waals surface area (Å²) in [5, 5.41) is 13.8. The maximum Gasteiger partial charge on any atom is 0.270 e. The maximum absolute atomic E-state index is 12.9. The number of thiazole rings is 1. The number of nitro groups is 1. The third-order valence-corrected chi connectivity index (χ3v) is 7.49. The lowest BCUT2D eigenvalue weighted by molar-refractivity contribution is -0.384. The molecule has 0 bridgehead atoms. The fourth-order valence-corrected chi connectivity index (χ4v) is 5.22. The van der Waals surface area contributed by atoms with Crippen molar-refractivity contribution in [1.82, 2.24) is 9.29 Å². The van der Waals surface area contributed by atoms with E-state index in [4.69, 9.17) is 9.47 Å². The van der Waals surface area contributed by atoms with Gasteiger partial charge in [0.05, 0.1) is 33.2 Å². The fourth-order valence-electron chi connectivity index (χ4n) is 2.92. The highest BCUT2D eigenvalue weighted by Gasteiger charge is 2.24. The van der Waals surface area contributed by atoms with Gasteiger partial charge in [-0.25, -0.2) is 13.4 Å². The predicted octanol–water partition coefficient (Wildman–Crippen LogP) is 2.74. The molecule has 2 aromatic carbocycles. The summed E-state index contributed by atoms with van der Waals surface area (Å²) in [6, 6.07) is 9.78. The highest BCUT2D eigenvalue weighted by molar-refractivity contribution is 7.89. The average molecular weight is 495 g/mol. The number of carbonyl (C=O) groups excluding carboxylic acids is 1. The third-order valence-electron chi connectivity index (χ3n) is 4.65. The van der Waals surface area contributed by atoms with E-state index in [1.807, 2.05) is 0 Å². The second-order valence-corrected chi connectivity index (χ2v) is 9.76. The van der Waals surface area contributed by atoms with Crippen LogP contribution in [0.3, 0.4) is 0 Å². The van der Waals surface area contributed by atoms with Crippen LogP contribution in [0, 0.1) is 10.1 Å². The van der Waals surface area contributed by atoms with Crippen LogP contribution in [0.5, 0.6) is 0 Å². The number of hydrogen-bond donors (Lipinski definition) is 1. The van der Waals surface area contributed by atoms with Crippen molar-refractivity contribution in [2.45, 2.75) is 4.90 Å². The van der Waals surface area contributed by atoms with E-state index in [0.717, 1.165) is 11.3 Å². The van der Waals surface area contributed by atoms with Crippen molar-refractivity contribution in [3.05, 3.63) is 58.1 Å². The fraction of sp³-hybridized carbons (Fsp3) is 0.300. The lowest BCUT2D eigenvalue weighted by atomic mass is 10.2. The van der Waals surface area contributed by atoms with Crippen LogP contribution in [-0.2, 0) is 19.5 Å². The quantitative estimate of drug-likeness (QED) is 0.317. The normalized spacial score (nSPS) is 11.7. The summed E-state index contributed by atoms with van der Waals surface area (Å²) in [4.78, 5) is 27.3. The van der Waals surface area contributed by atoms with Crippen molar-refractivity contribution in [2.75, 3.05) is 45.8 Å². The van der Waals surface area contributed by atoms with E-state index in [0.29, 0.717) is 10.2 Å². The molecule has 3 aromatic rings. The van der Waals surface area contributed by atoms with Crippen LogP contribution in [0.2, 0.25) is 0 Å². The molecule has 1 aromatic heterocycles. The predicted molar refractivity (Wildman–Crippen MR) is 123 cm³/mol. The lowest BCUT2D eigenvalue weighted by Gasteiger charge is -2.21. The Morgan fingerprint density at radius 3 is 2.33 bits per heavy atom. The number of amides is 1. The van der Waals surface area contributed by atoms with E-state index < -0.39 is 20.9 Å². The van der Waals surface area contributed by atoms with Gasteiger partial charge in [0.15, 0.2) is 5.13 Å². The number of fused-ring (bicyclic) bond motifs is 1. The van der Waals surface area contributed by atoms with Gasteiger partial charge in [0.1, 0.15) is 0 Å².